The molecule has 1 aromatic carbocycles. The number of aromatic nitrogens is 3. The van der Waals surface area contributed by atoms with Gasteiger partial charge in [-0.1, -0.05) is 11.8 Å². The molecule has 1 heterocycles. The molecule has 21 heavy (non-hydrogen) atoms. The Hall–Kier alpha value is -2.22. The monoisotopic (exact) mass is 307 g/mol. The lowest BCUT2D eigenvalue weighted by atomic mass is 10.1. The molecule has 2 aromatic rings. The maximum absolute atomic E-state index is 10.7. The van der Waals surface area contributed by atoms with Crippen LogP contribution in [-0.2, 0) is 4.79 Å². The third kappa shape index (κ3) is 2.80. The zero-order valence-electron chi connectivity index (χ0n) is 10.9. The normalized spacial score (nSPS) is 14.3. The molecule has 1 fully saturated rings. The highest BCUT2D eigenvalue weighted by Gasteiger charge is 2.31. The van der Waals surface area contributed by atoms with Gasteiger partial charge in [-0.25, -0.2) is 0 Å². The second-order valence-corrected chi connectivity index (χ2v) is 5.73. The lowest BCUT2D eigenvalue weighted by Gasteiger charge is -2.09. The number of rotatable bonds is 5. The molecule has 0 aliphatic heterocycles. The average molecular weight is 307 g/mol. The smallest absolute Gasteiger partial charge is 0.313 e. The van der Waals surface area contributed by atoms with Crippen molar-refractivity contribution in [1.29, 1.82) is 0 Å². The van der Waals surface area contributed by atoms with E-state index in [0.29, 0.717) is 16.5 Å². The Kier molecular flexibility index (Phi) is 3.46. The van der Waals surface area contributed by atoms with Gasteiger partial charge in [0, 0.05) is 6.04 Å². The van der Waals surface area contributed by atoms with E-state index in [0.717, 1.165) is 24.6 Å². The molecule has 7 nitrogen and oxygen atoms in total. The van der Waals surface area contributed by atoms with Gasteiger partial charge in [-0.3, -0.25) is 9.36 Å². The van der Waals surface area contributed by atoms with Gasteiger partial charge in [0.15, 0.2) is 11.0 Å². The second-order valence-electron chi connectivity index (χ2n) is 4.79. The maximum atomic E-state index is 10.7. The predicted molar refractivity (Wildman–Crippen MR) is 75.4 cm³/mol. The molecule has 3 rings (SSSR count). The van der Waals surface area contributed by atoms with Gasteiger partial charge < -0.3 is 15.3 Å². The third-order valence-electron chi connectivity index (χ3n) is 3.12. The Balaban J connectivity index is 2.02. The van der Waals surface area contributed by atoms with Crippen LogP contribution in [0.3, 0.4) is 0 Å². The number of phenols is 2. The lowest BCUT2D eigenvalue weighted by molar-refractivity contribution is -0.133. The van der Waals surface area contributed by atoms with Crippen molar-refractivity contribution in [2.75, 3.05) is 5.75 Å². The van der Waals surface area contributed by atoms with Gasteiger partial charge in [-0.2, -0.15) is 0 Å². The molecule has 8 heteroatoms. The number of phenolic OH excluding ortho intramolecular Hbond substituents is 2. The molecule has 0 spiro atoms. The zero-order chi connectivity index (χ0) is 15.0. The summed E-state index contributed by atoms with van der Waals surface area (Å²) in [5.41, 5.74) is 0.386. The van der Waals surface area contributed by atoms with Crippen LogP contribution in [0.4, 0.5) is 0 Å². The molecule has 1 aliphatic carbocycles. The molecule has 110 valence electrons. The largest absolute Gasteiger partial charge is 0.508 e. The number of hydrogen-bond acceptors (Lipinski definition) is 6. The van der Waals surface area contributed by atoms with E-state index in [2.05, 4.69) is 10.2 Å². The SMILES string of the molecule is O=C(O)CSc1nnc(-c2cc(O)ccc2O)n1C1CC1. The highest BCUT2D eigenvalue weighted by atomic mass is 32.2. The van der Waals surface area contributed by atoms with E-state index in [4.69, 9.17) is 5.11 Å². The van der Waals surface area contributed by atoms with Gasteiger partial charge in [-0.15, -0.1) is 10.2 Å². The van der Waals surface area contributed by atoms with Crippen LogP contribution in [-0.4, -0.2) is 41.8 Å². The molecule has 3 N–H and O–H groups in total. The number of nitrogens with zero attached hydrogens (tertiary/aromatic N) is 3. The average Bonchev–Trinajstić information content (AvgIpc) is 3.19. The fraction of sp³-hybridized carbons (Fsp3) is 0.308. The van der Waals surface area contributed by atoms with Crippen LogP contribution < -0.4 is 0 Å². The van der Waals surface area contributed by atoms with E-state index in [1.54, 1.807) is 0 Å². The molecular weight excluding hydrogens is 294 g/mol. The summed E-state index contributed by atoms with van der Waals surface area (Å²) < 4.78 is 1.84. The van der Waals surface area contributed by atoms with Crippen molar-refractivity contribution in [3.05, 3.63) is 18.2 Å². The van der Waals surface area contributed by atoms with Crippen molar-refractivity contribution in [3.8, 4) is 22.9 Å². The van der Waals surface area contributed by atoms with Crippen LogP contribution in [0.1, 0.15) is 18.9 Å². The first kappa shape index (κ1) is 13.7. The Morgan fingerprint density at radius 3 is 2.76 bits per heavy atom. The lowest BCUT2D eigenvalue weighted by Crippen LogP contribution is -2.03. The topological polar surface area (TPSA) is 108 Å². The van der Waals surface area contributed by atoms with Crippen molar-refractivity contribution >= 4 is 17.7 Å². The van der Waals surface area contributed by atoms with E-state index in [-0.39, 0.29) is 23.3 Å². The van der Waals surface area contributed by atoms with Gasteiger partial charge in [0.1, 0.15) is 11.5 Å². The van der Waals surface area contributed by atoms with Crippen molar-refractivity contribution in [2.45, 2.75) is 24.0 Å². The number of carboxylic acid groups (broad SMARTS) is 1. The Bertz CT molecular complexity index is 697. The minimum atomic E-state index is -0.924. The molecule has 0 unspecified atom stereocenters. The molecule has 0 bridgehead atoms. The van der Waals surface area contributed by atoms with Gasteiger partial charge in [0.25, 0.3) is 0 Å². The number of aromatic hydroxyl groups is 2. The summed E-state index contributed by atoms with van der Waals surface area (Å²) in [5, 5.41) is 36.9. The standard InChI is InChI=1S/C13H13N3O4S/c17-8-3-4-10(18)9(5-8)12-14-15-13(21-6-11(19)20)16(12)7-1-2-7/h3-5,7,17-18H,1-2,6H2,(H,19,20). The summed E-state index contributed by atoms with van der Waals surface area (Å²) in [4.78, 5) is 10.7. The van der Waals surface area contributed by atoms with Crippen LogP contribution in [0.15, 0.2) is 23.4 Å². The second kappa shape index (κ2) is 5.28. The first-order valence-corrected chi connectivity index (χ1v) is 7.36. The molecular formula is C13H13N3O4S. The van der Waals surface area contributed by atoms with Gasteiger partial charge in [0.05, 0.1) is 11.3 Å². The Morgan fingerprint density at radius 1 is 1.33 bits per heavy atom. The summed E-state index contributed by atoms with van der Waals surface area (Å²) in [6, 6.07) is 4.41. The summed E-state index contributed by atoms with van der Waals surface area (Å²) in [6.07, 6.45) is 1.93. The van der Waals surface area contributed by atoms with Gasteiger partial charge >= 0.3 is 5.97 Å². The maximum Gasteiger partial charge on any atom is 0.313 e. The molecule has 0 amide bonds. The minimum absolute atomic E-state index is 0.00288. The molecule has 1 aromatic heterocycles. The minimum Gasteiger partial charge on any atom is -0.508 e. The number of thioether (sulfide) groups is 1. The summed E-state index contributed by atoms with van der Waals surface area (Å²) in [6.45, 7) is 0. The van der Waals surface area contributed by atoms with E-state index in [1.807, 2.05) is 4.57 Å². The van der Waals surface area contributed by atoms with E-state index >= 15 is 0 Å². The number of benzene rings is 1. The van der Waals surface area contributed by atoms with Crippen molar-refractivity contribution in [1.82, 2.24) is 14.8 Å². The fourth-order valence-corrected chi connectivity index (χ4v) is 2.78. The molecule has 0 radical (unpaired) electrons. The molecule has 0 saturated heterocycles. The molecule has 1 saturated carbocycles. The van der Waals surface area contributed by atoms with Gasteiger partial charge in [-0.05, 0) is 31.0 Å². The first-order chi connectivity index (χ1) is 10.1. The predicted octanol–water partition coefficient (Wildman–Crippen LogP) is 1.87. The number of carbonyl (C=O) groups is 1. The molecule has 1 aliphatic rings. The summed E-state index contributed by atoms with van der Waals surface area (Å²) in [7, 11) is 0. The fourth-order valence-electron chi connectivity index (χ4n) is 2.05. The van der Waals surface area contributed by atoms with Crippen LogP contribution in [0, 0.1) is 0 Å². The Morgan fingerprint density at radius 2 is 2.10 bits per heavy atom. The van der Waals surface area contributed by atoms with E-state index in [1.165, 1.54) is 18.2 Å². The van der Waals surface area contributed by atoms with Crippen molar-refractivity contribution < 1.29 is 20.1 Å². The summed E-state index contributed by atoms with van der Waals surface area (Å²) in [5.74, 6) is -0.563. The third-order valence-corrected chi connectivity index (χ3v) is 4.05. The number of hydrogen-bond donors (Lipinski definition) is 3. The van der Waals surface area contributed by atoms with Crippen LogP contribution in [0.5, 0.6) is 11.5 Å². The quantitative estimate of drug-likeness (QED) is 0.571. The van der Waals surface area contributed by atoms with Crippen molar-refractivity contribution in [3.63, 3.8) is 0 Å². The van der Waals surface area contributed by atoms with Gasteiger partial charge in [0.2, 0.25) is 0 Å². The highest BCUT2D eigenvalue weighted by Crippen LogP contribution is 2.42. The zero-order valence-corrected chi connectivity index (χ0v) is 11.7. The van der Waals surface area contributed by atoms with Crippen molar-refractivity contribution in [2.24, 2.45) is 0 Å². The Labute approximate surface area is 124 Å². The van der Waals surface area contributed by atoms with Crippen LogP contribution >= 0.6 is 11.8 Å². The first-order valence-electron chi connectivity index (χ1n) is 6.38. The van der Waals surface area contributed by atoms with Crippen LogP contribution in [0.25, 0.3) is 11.4 Å². The number of carboxylic acids is 1. The summed E-state index contributed by atoms with van der Waals surface area (Å²) >= 11 is 1.09. The van der Waals surface area contributed by atoms with Crippen LogP contribution in [0.2, 0.25) is 0 Å². The van der Waals surface area contributed by atoms with E-state index < -0.39 is 5.97 Å². The number of aliphatic carboxylic acids is 1. The van der Waals surface area contributed by atoms with E-state index in [9.17, 15) is 15.0 Å². The molecule has 0 atom stereocenters. The highest BCUT2D eigenvalue weighted by molar-refractivity contribution is 7.99.